The summed E-state index contributed by atoms with van der Waals surface area (Å²) in [5.74, 6) is 0. The molecule has 0 radical (unpaired) electrons. The van der Waals surface area contributed by atoms with E-state index < -0.39 is 0 Å². The van der Waals surface area contributed by atoms with E-state index in [1.165, 1.54) is 117 Å². The van der Waals surface area contributed by atoms with Crippen molar-refractivity contribution in [3.63, 3.8) is 0 Å². The number of hydrogen-bond acceptors (Lipinski definition) is 3. The third kappa shape index (κ3) is 4.41. The largest absolute Gasteiger partial charge is 0.335 e. The van der Waals surface area contributed by atoms with E-state index in [0.29, 0.717) is 0 Å². The fraction of sp³-hybridized carbons (Fsp3) is 0.263. The third-order valence-electron chi connectivity index (χ3n) is 17.1. The molecule has 6 aliphatic rings. The molecular weight excluding hydrogens is 737 g/mol. The molecule has 61 heavy (non-hydrogen) atoms. The first-order valence-electron chi connectivity index (χ1n) is 23.0. The van der Waals surface area contributed by atoms with Gasteiger partial charge in [-0.25, -0.2) is 0 Å². The Hall–Kier alpha value is -6.00. The van der Waals surface area contributed by atoms with Crippen LogP contribution in [0.5, 0.6) is 0 Å². The molecule has 4 aliphatic heterocycles. The van der Waals surface area contributed by atoms with Gasteiger partial charge in [0.25, 0.3) is 6.71 Å². The molecule has 0 amide bonds. The molecule has 0 aromatic heterocycles. The Morgan fingerprint density at radius 1 is 0.443 bits per heavy atom. The van der Waals surface area contributed by atoms with Crippen LogP contribution < -0.4 is 31.1 Å². The average Bonchev–Trinajstić information content (AvgIpc) is 3.68. The summed E-state index contributed by atoms with van der Waals surface area (Å²) in [6.07, 6.45) is 9.61. The van der Waals surface area contributed by atoms with E-state index in [9.17, 15) is 0 Å². The molecule has 2 saturated carbocycles. The van der Waals surface area contributed by atoms with Gasteiger partial charge in [0, 0.05) is 50.6 Å². The van der Waals surface area contributed by atoms with Crippen LogP contribution >= 0.6 is 0 Å². The molecule has 4 heterocycles. The molecule has 298 valence electrons. The lowest BCUT2D eigenvalue weighted by Gasteiger charge is -2.54. The molecule has 4 unspecified atom stereocenters. The second kappa shape index (κ2) is 12.5. The van der Waals surface area contributed by atoms with Crippen LogP contribution in [-0.4, -0.2) is 17.8 Å². The zero-order chi connectivity index (χ0) is 40.7. The molecule has 0 N–H and O–H groups in total. The number of fused-ring (bicyclic) bond motifs is 10. The standard InChI is InChI=1S/C57H52BN3/c1-54-31-17-18-32-55(54,2)61-51-38-43(60-48-29-15-13-27-44(48)57(41-23-9-5-10-24-41)34-20-19-33-56(57,60)3)37-50-52(51)58(46-28-14-16-30-49(46)59(50)42-25-11-6-12-26-42)47-36-40(35-45(54)53(47)61)39-21-7-4-8-22-39/h4-16,21-30,35-38H,17-20,31-34H2,1-3H3. The molecule has 7 aromatic rings. The van der Waals surface area contributed by atoms with Gasteiger partial charge in [-0.05, 0) is 126 Å². The molecule has 7 aromatic carbocycles. The Balaban J connectivity index is 1.15. The van der Waals surface area contributed by atoms with Crippen LogP contribution in [0.2, 0.25) is 0 Å². The van der Waals surface area contributed by atoms with Crippen LogP contribution in [0.3, 0.4) is 0 Å². The molecule has 2 aliphatic carbocycles. The minimum absolute atomic E-state index is 0.00675. The predicted octanol–water partition coefficient (Wildman–Crippen LogP) is 12.5. The molecule has 13 rings (SSSR count). The zero-order valence-corrected chi connectivity index (χ0v) is 35.7. The number of nitrogens with zero attached hydrogens (tertiary/aromatic N) is 3. The minimum atomic E-state index is -0.169. The van der Waals surface area contributed by atoms with Crippen molar-refractivity contribution in [3.05, 3.63) is 180 Å². The Kier molecular flexibility index (Phi) is 7.34. The molecular formula is C57H52BN3. The van der Waals surface area contributed by atoms with Crippen LogP contribution in [0.25, 0.3) is 11.1 Å². The van der Waals surface area contributed by atoms with Gasteiger partial charge >= 0.3 is 0 Å². The molecule has 4 heteroatoms. The highest BCUT2D eigenvalue weighted by molar-refractivity contribution is 7.00. The monoisotopic (exact) mass is 789 g/mol. The predicted molar refractivity (Wildman–Crippen MR) is 257 cm³/mol. The average molecular weight is 790 g/mol. The summed E-state index contributed by atoms with van der Waals surface area (Å²) in [4.78, 5) is 8.35. The summed E-state index contributed by atoms with van der Waals surface area (Å²) in [6.45, 7) is 7.94. The number of para-hydroxylation sites is 3. The third-order valence-corrected chi connectivity index (χ3v) is 17.1. The van der Waals surface area contributed by atoms with E-state index >= 15 is 0 Å². The van der Waals surface area contributed by atoms with Gasteiger partial charge in [-0.1, -0.05) is 154 Å². The fourth-order valence-electron chi connectivity index (χ4n) is 14.2. The van der Waals surface area contributed by atoms with Crippen molar-refractivity contribution in [1.29, 1.82) is 0 Å². The van der Waals surface area contributed by atoms with Gasteiger partial charge in [0.05, 0.1) is 11.1 Å². The Morgan fingerprint density at radius 2 is 1.07 bits per heavy atom. The lowest BCUT2D eigenvalue weighted by Crippen LogP contribution is -2.64. The number of hydrogen-bond donors (Lipinski definition) is 0. The first-order chi connectivity index (χ1) is 29.9. The van der Waals surface area contributed by atoms with E-state index in [0.717, 1.165) is 12.8 Å². The van der Waals surface area contributed by atoms with Crippen molar-refractivity contribution < 1.29 is 0 Å². The van der Waals surface area contributed by atoms with Crippen LogP contribution in [-0.2, 0) is 10.8 Å². The Morgan fingerprint density at radius 3 is 1.85 bits per heavy atom. The molecule has 4 atom stereocenters. The van der Waals surface area contributed by atoms with Gasteiger partial charge in [0.15, 0.2) is 0 Å². The summed E-state index contributed by atoms with van der Waals surface area (Å²) < 4.78 is 0. The van der Waals surface area contributed by atoms with Crippen molar-refractivity contribution >= 4 is 62.9 Å². The summed E-state index contributed by atoms with van der Waals surface area (Å²) in [5, 5.41) is 0. The SMILES string of the molecule is CC12CCCCC1(C)N1c3cc(N4c5ccccc5C5(c6ccccc6)CCCCC45C)cc4c3B(c3ccccc3N4c3ccccc3)c3cc(-c4ccccc4)cc2c31. The van der Waals surface area contributed by atoms with E-state index in [1.807, 2.05) is 0 Å². The Labute approximate surface area is 361 Å². The minimum Gasteiger partial charge on any atom is -0.335 e. The topological polar surface area (TPSA) is 9.72 Å². The summed E-state index contributed by atoms with van der Waals surface area (Å²) >= 11 is 0. The molecule has 0 bridgehead atoms. The van der Waals surface area contributed by atoms with Crippen LogP contribution in [0.15, 0.2) is 164 Å². The second-order valence-electron chi connectivity index (χ2n) is 19.6. The van der Waals surface area contributed by atoms with Crippen LogP contribution in [0.4, 0.5) is 39.8 Å². The normalized spacial score (nSPS) is 26.2. The maximum absolute atomic E-state index is 2.91. The second-order valence-corrected chi connectivity index (χ2v) is 19.6. The highest BCUT2D eigenvalue weighted by Gasteiger charge is 2.63. The van der Waals surface area contributed by atoms with Crippen molar-refractivity contribution in [2.45, 2.75) is 94.0 Å². The van der Waals surface area contributed by atoms with E-state index in [-0.39, 0.29) is 28.6 Å². The highest BCUT2D eigenvalue weighted by Crippen LogP contribution is 2.66. The van der Waals surface area contributed by atoms with Gasteiger partial charge < -0.3 is 14.7 Å². The van der Waals surface area contributed by atoms with Crippen molar-refractivity contribution in [1.82, 2.24) is 0 Å². The van der Waals surface area contributed by atoms with Gasteiger partial charge in [0.2, 0.25) is 0 Å². The smallest absolute Gasteiger partial charge is 0.252 e. The van der Waals surface area contributed by atoms with Crippen LogP contribution in [0, 0.1) is 0 Å². The molecule has 0 saturated heterocycles. The van der Waals surface area contributed by atoms with Gasteiger partial charge in [-0.15, -0.1) is 0 Å². The highest BCUT2D eigenvalue weighted by atomic mass is 15.3. The van der Waals surface area contributed by atoms with Gasteiger partial charge in [-0.2, -0.15) is 0 Å². The maximum Gasteiger partial charge on any atom is 0.252 e. The van der Waals surface area contributed by atoms with Gasteiger partial charge in [0.1, 0.15) is 0 Å². The molecule has 2 fully saturated rings. The maximum atomic E-state index is 2.91. The Bertz CT molecular complexity index is 2910. The quantitative estimate of drug-likeness (QED) is 0.164. The first-order valence-corrected chi connectivity index (χ1v) is 23.0. The lowest BCUT2D eigenvalue weighted by atomic mass is 9.33. The first kappa shape index (κ1) is 35.7. The summed E-state index contributed by atoms with van der Waals surface area (Å²) in [5.41, 5.74) is 20.3. The number of benzene rings is 7. The van der Waals surface area contributed by atoms with E-state index in [1.54, 1.807) is 5.56 Å². The van der Waals surface area contributed by atoms with E-state index in [2.05, 4.69) is 199 Å². The lowest BCUT2D eigenvalue weighted by molar-refractivity contribution is 0.195. The molecule has 0 spiro atoms. The van der Waals surface area contributed by atoms with E-state index in [4.69, 9.17) is 0 Å². The zero-order valence-electron chi connectivity index (χ0n) is 35.7. The van der Waals surface area contributed by atoms with Gasteiger partial charge in [-0.3, -0.25) is 0 Å². The summed E-state index contributed by atoms with van der Waals surface area (Å²) in [6, 6.07) is 63.1. The number of rotatable bonds is 4. The number of anilines is 7. The summed E-state index contributed by atoms with van der Waals surface area (Å²) in [7, 11) is 0. The fourth-order valence-corrected chi connectivity index (χ4v) is 14.2. The van der Waals surface area contributed by atoms with Crippen molar-refractivity contribution in [2.75, 3.05) is 14.7 Å². The van der Waals surface area contributed by atoms with Crippen molar-refractivity contribution in [3.8, 4) is 11.1 Å². The van der Waals surface area contributed by atoms with Crippen LogP contribution in [0.1, 0.15) is 88.8 Å². The molecule has 3 nitrogen and oxygen atoms in total. The van der Waals surface area contributed by atoms with Crippen molar-refractivity contribution in [2.24, 2.45) is 0 Å².